The first-order valence-electron chi connectivity index (χ1n) is 8.12. The monoisotopic (exact) mass is 356 g/mol. The second kappa shape index (κ2) is 10.6. The van der Waals surface area contributed by atoms with Crippen molar-refractivity contribution in [2.75, 3.05) is 13.1 Å². The first-order chi connectivity index (χ1) is 10.6. The molecule has 0 heterocycles. The smallest absolute Gasteiger partial charge is 0.243 e. The Bertz CT molecular complexity index is 392. The predicted octanol–water partition coefficient (Wildman–Crippen LogP) is 2.80. The molecule has 0 fully saturated rings. The maximum atomic E-state index is 11.2. The molecule has 0 aliphatic carbocycles. The summed E-state index contributed by atoms with van der Waals surface area (Å²) < 4.78 is 6.50. The average Bonchev–Trinajstić information content (AvgIpc) is 2.45. The molecule has 0 aromatic heterocycles. The summed E-state index contributed by atoms with van der Waals surface area (Å²) in [4.78, 5) is 22.4. The van der Waals surface area contributed by atoms with Gasteiger partial charge in [-0.3, -0.25) is 9.59 Å². The van der Waals surface area contributed by atoms with Crippen LogP contribution in [0.2, 0.25) is 38.3 Å². The quantitative estimate of drug-likeness (QED) is 0.321. The second-order valence-electron chi connectivity index (χ2n) is 6.86. The summed E-state index contributed by atoms with van der Waals surface area (Å²) in [5.74, 6) is -0.266. The Kier molecular flexibility index (Phi) is 10.0. The van der Waals surface area contributed by atoms with Crippen molar-refractivity contribution in [1.29, 1.82) is 0 Å². The average molecular weight is 357 g/mol. The third-order valence-corrected chi connectivity index (χ3v) is 10.5. The van der Waals surface area contributed by atoms with Crippen molar-refractivity contribution < 1.29 is 13.7 Å². The molecule has 0 aliphatic rings. The Morgan fingerprint density at radius 2 is 1.30 bits per heavy atom. The molecule has 0 atom stereocenters. The maximum Gasteiger partial charge on any atom is 0.243 e. The zero-order chi connectivity index (χ0) is 17.9. The Balaban J connectivity index is 4.39. The summed E-state index contributed by atoms with van der Waals surface area (Å²) in [6, 6.07) is 2.01. The van der Waals surface area contributed by atoms with E-state index in [4.69, 9.17) is 4.12 Å². The van der Waals surface area contributed by atoms with Gasteiger partial charge in [-0.2, -0.15) is 0 Å². The molecule has 23 heavy (non-hydrogen) atoms. The molecule has 2 N–H and O–H groups in total. The molecule has 0 spiro atoms. The number of hydrogen-bond donors (Lipinski definition) is 2. The molecule has 0 aromatic carbocycles. The molecule has 0 bridgehead atoms. The lowest BCUT2D eigenvalue weighted by molar-refractivity contribution is -0.117. The standard InChI is InChI=1S/C16H32N2O3Si2/c1-7-15(19)17-11-9-13-23(6,21-22(3,4)5)14-10-12-18-16(20)8-2/h7-8H,1-2,9-14H2,3-6H3,(H,17,19)(H,18,20). The van der Waals surface area contributed by atoms with Crippen LogP contribution in [-0.4, -0.2) is 41.5 Å². The van der Waals surface area contributed by atoms with Gasteiger partial charge in [-0.05, 0) is 63.3 Å². The van der Waals surface area contributed by atoms with Gasteiger partial charge < -0.3 is 14.7 Å². The fraction of sp³-hybridized carbons (Fsp3) is 0.625. The van der Waals surface area contributed by atoms with Crippen LogP contribution >= 0.6 is 0 Å². The van der Waals surface area contributed by atoms with E-state index in [2.05, 4.69) is 50.0 Å². The van der Waals surface area contributed by atoms with Crippen LogP contribution in [0.5, 0.6) is 0 Å². The van der Waals surface area contributed by atoms with E-state index in [1.165, 1.54) is 12.2 Å². The molecular weight excluding hydrogens is 324 g/mol. The Hall–Kier alpha value is -1.19. The lowest BCUT2D eigenvalue weighted by Gasteiger charge is -2.35. The van der Waals surface area contributed by atoms with Crippen LogP contribution in [0.4, 0.5) is 0 Å². The van der Waals surface area contributed by atoms with Crippen molar-refractivity contribution in [1.82, 2.24) is 10.6 Å². The molecule has 0 aliphatic heterocycles. The van der Waals surface area contributed by atoms with E-state index < -0.39 is 16.6 Å². The normalized spacial score (nSPS) is 11.7. The molecule has 0 unspecified atom stereocenters. The minimum Gasteiger partial charge on any atom is -0.456 e. The van der Waals surface area contributed by atoms with E-state index in [9.17, 15) is 9.59 Å². The van der Waals surface area contributed by atoms with Crippen LogP contribution < -0.4 is 10.6 Å². The summed E-state index contributed by atoms with van der Waals surface area (Å²) in [5, 5.41) is 5.62. The second-order valence-corrected chi connectivity index (χ2v) is 15.8. The van der Waals surface area contributed by atoms with Crippen LogP contribution in [0, 0.1) is 0 Å². The number of carbonyl (C=O) groups is 2. The number of amides is 2. The SMILES string of the molecule is C=CC(=O)NCCC[Si](C)(CCCNC(=O)C=C)O[Si](C)(C)C. The van der Waals surface area contributed by atoms with Gasteiger partial charge in [0.15, 0.2) is 16.6 Å². The molecule has 0 aromatic rings. The highest BCUT2D eigenvalue weighted by Gasteiger charge is 2.33. The molecule has 0 radical (unpaired) electrons. The van der Waals surface area contributed by atoms with Gasteiger partial charge in [0.2, 0.25) is 11.8 Å². The Labute approximate surface area is 142 Å². The van der Waals surface area contributed by atoms with Gasteiger partial charge in [0.25, 0.3) is 0 Å². The highest BCUT2D eigenvalue weighted by molar-refractivity contribution is 6.84. The van der Waals surface area contributed by atoms with Gasteiger partial charge in [-0.1, -0.05) is 13.2 Å². The molecule has 0 rings (SSSR count). The van der Waals surface area contributed by atoms with E-state index in [-0.39, 0.29) is 11.8 Å². The fourth-order valence-corrected chi connectivity index (χ4v) is 11.3. The van der Waals surface area contributed by atoms with Gasteiger partial charge in [0, 0.05) is 13.1 Å². The molecule has 5 nitrogen and oxygen atoms in total. The van der Waals surface area contributed by atoms with E-state index >= 15 is 0 Å². The van der Waals surface area contributed by atoms with Crippen LogP contribution in [0.1, 0.15) is 12.8 Å². The van der Waals surface area contributed by atoms with Gasteiger partial charge >= 0.3 is 0 Å². The third kappa shape index (κ3) is 12.0. The van der Waals surface area contributed by atoms with Gasteiger partial charge in [-0.25, -0.2) is 0 Å². The van der Waals surface area contributed by atoms with Crippen molar-refractivity contribution >= 4 is 28.4 Å². The third-order valence-electron chi connectivity index (χ3n) is 3.29. The highest BCUT2D eigenvalue weighted by atomic mass is 28.4. The van der Waals surface area contributed by atoms with E-state index in [0.29, 0.717) is 13.1 Å². The highest BCUT2D eigenvalue weighted by Crippen LogP contribution is 2.25. The first kappa shape index (κ1) is 21.8. The largest absolute Gasteiger partial charge is 0.456 e. The predicted molar refractivity (Wildman–Crippen MR) is 101 cm³/mol. The Morgan fingerprint density at radius 3 is 1.61 bits per heavy atom. The Morgan fingerprint density at radius 1 is 0.913 bits per heavy atom. The summed E-state index contributed by atoms with van der Waals surface area (Å²) in [7, 11) is -3.46. The minimum atomic E-state index is -1.84. The molecule has 7 heteroatoms. The topological polar surface area (TPSA) is 67.4 Å². The summed E-state index contributed by atoms with van der Waals surface area (Å²) in [5.41, 5.74) is 0. The molecule has 0 saturated carbocycles. The van der Waals surface area contributed by atoms with Crippen LogP contribution in [0.3, 0.4) is 0 Å². The van der Waals surface area contributed by atoms with Crippen molar-refractivity contribution in [3.8, 4) is 0 Å². The van der Waals surface area contributed by atoms with Crippen molar-refractivity contribution in [2.45, 2.75) is 51.1 Å². The zero-order valence-corrected chi connectivity index (χ0v) is 17.0. The first-order valence-corrected chi connectivity index (χ1v) is 14.4. The maximum absolute atomic E-state index is 11.2. The van der Waals surface area contributed by atoms with Crippen LogP contribution in [0.15, 0.2) is 25.3 Å². The molecular formula is C16H32N2O3Si2. The number of hydrogen-bond acceptors (Lipinski definition) is 3. The number of nitrogens with one attached hydrogen (secondary N) is 2. The number of carbonyl (C=O) groups excluding carboxylic acids is 2. The molecule has 2 amide bonds. The molecule has 132 valence electrons. The van der Waals surface area contributed by atoms with Gasteiger partial charge in [0.05, 0.1) is 0 Å². The van der Waals surface area contributed by atoms with Gasteiger partial charge in [0.1, 0.15) is 0 Å². The van der Waals surface area contributed by atoms with E-state index in [1.807, 2.05) is 0 Å². The van der Waals surface area contributed by atoms with Crippen molar-refractivity contribution in [3.63, 3.8) is 0 Å². The van der Waals surface area contributed by atoms with E-state index in [1.54, 1.807) is 0 Å². The molecule has 0 saturated heterocycles. The lowest BCUT2D eigenvalue weighted by Crippen LogP contribution is -2.45. The lowest BCUT2D eigenvalue weighted by atomic mass is 10.4. The van der Waals surface area contributed by atoms with Crippen molar-refractivity contribution in [3.05, 3.63) is 25.3 Å². The summed E-state index contributed by atoms with van der Waals surface area (Å²) in [6.45, 7) is 17.1. The van der Waals surface area contributed by atoms with Crippen molar-refractivity contribution in [2.24, 2.45) is 0 Å². The zero-order valence-electron chi connectivity index (χ0n) is 15.0. The number of rotatable bonds is 12. The summed E-state index contributed by atoms with van der Waals surface area (Å²) >= 11 is 0. The van der Waals surface area contributed by atoms with E-state index in [0.717, 1.165) is 24.9 Å². The summed E-state index contributed by atoms with van der Waals surface area (Å²) in [6.07, 6.45) is 4.40. The fourth-order valence-electron chi connectivity index (χ4n) is 2.46. The van der Waals surface area contributed by atoms with Crippen LogP contribution in [-0.2, 0) is 13.7 Å². The minimum absolute atomic E-state index is 0.133. The van der Waals surface area contributed by atoms with Crippen LogP contribution in [0.25, 0.3) is 0 Å². The van der Waals surface area contributed by atoms with Gasteiger partial charge in [-0.15, -0.1) is 0 Å².